The minimum Gasteiger partial charge on any atom is -0.507 e. The molecule has 0 radical (unpaired) electrons. The second-order valence-electron chi connectivity index (χ2n) is 4.30. The number of benzene rings is 1. The van der Waals surface area contributed by atoms with Gasteiger partial charge < -0.3 is 15.2 Å². The van der Waals surface area contributed by atoms with E-state index in [2.05, 4.69) is 31.8 Å². The van der Waals surface area contributed by atoms with E-state index in [1.54, 1.807) is 32.2 Å². The van der Waals surface area contributed by atoms with Crippen molar-refractivity contribution in [3.63, 3.8) is 0 Å². The molecule has 0 aliphatic heterocycles. The van der Waals surface area contributed by atoms with Crippen LogP contribution in [-0.2, 0) is 4.74 Å². The molecule has 1 atom stereocenters. The number of nitrogens with one attached hydrogen (secondary N) is 2. The Morgan fingerprint density at radius 3 is 2.90 bits per heavy atom. The lowest BCUT2D eigenvalue weighted by Crippen LogP contribution is -2.40. The summed E-state index contributed by atoms with van der Waals surface area (Å²) in [7, 11) is 1.63. The van der Waals surface area contributed by atoms with Crippen molar-refractivity contribution in [1.29, 1.82) is 0 Å². The van der Waals surface area contributed by atoms with Crippen LogP contribution in [0.4, 0.5) is 0 Å². The first-order valence-corrected chi connectivity index (χ1v) is 7.22. The van der Waals surface area contributed by atoms with E-state index < -0.39 is 0 Å². The molecular weight excluding hydrogens is 342 g/mol. The van der Waals surface area contributed by atoms with Gasteiger partial charge in [-0.3, -0.25) is 5.43 Å². The van der Waals surface area contributed by atoms with Crippen LogP contribution >= 0.6 is 28.1 Å². The summed E-state index contributed by atoms with van der Waals surface area (Å²) >= 11 is 8.47. The third-order valence-electron chi connectivity index (χ3n) is 2.47. The predicted molar refractivity (Wildman–Crippen MR) is 88.2 cm³/mol. The van der Waals surface area contributed by atoms with Gasteiger partial charge in [0.05, 0.1) is 12.3 Å². The molecule has 0 heterocycles. The van der Waals surface area contributed by atoms with Crippen molar-refractivity contribution in [2.75, 3.05) is 13.7 Å². The van der Waals surface area contributed by atoms with Crippen molar-refractivity contribution in [1.82, 2.24) is 10.7 Å². The minimum atomic E-state index is 0.0924. The second-order valence-corrected chi connectivity index (χ2v) is 5.62. The fourth-order valence-electron chi connectivity index (χ4n) is 1.54. The number of methoxy groups -OCH3 is 1. The standard InChI is InChI=1S/C13H18BrN3O2S/c1-8(7-19-3)15-13(20)17-16-9(2)11-6-10(14)4-5-12(11)18/h4-6,8,18H,7H2,1-3H3,(H2,15,17,20)/b16-9+/t8-/m1/s1. The molecule has 0 saturated carbocycles. The fraction of sp³-hybridized carbons (Fsp3) is 0.385. The quantitative estimate of drug-likeness (QED) is 0.428. The Kier molecular flexibility index (Phi) is 6.90. The highest BCUT2D eigenvalue weighted by Gasteiger charge is 2.06. The van der Waals surface area contributed by atoms with E-state index in [4.69, 9.17) is 17.0 Å². The third-order valence-corrected chi connectivity index (χ3v) is 3.17. The van der Waals surface area contributed by atoms with Crippen molar-refractivity contribution < 1.29 is 9.84 Å². The van der Waals surface area contributed by atoms with Crippen molar-refractivity contribution in [3.8, 4) is 5.75 Å². The maximum Gasteiger partial charge on any atom is 0.187 e. The Balaban J connectivity index is 2.65. The van der Waals surface area contributed by atoms with Crippen LogP contribution < -0.4 is 10.7 Å². The molecule has 0 unspecified atom stereocenters. The Labute approximate surface area is 132 Å². The Hall–Kier alpha value is -1.18. The number of phenols is 1. The number of halogens is 1. The molecule has 0 bridgehead atoms. The van der Waals surface area contributed by atoms with Gasteiger partial charge in [0.1, 0.15) is 5.75 Å². The number of aromatic hydroxyl groups is 1. The molecule has 0 amide bonds. The molecule has 5 nitrogen and oxygen atoms in total. The van der Waals surface area contributed by atoms with E-state index in [1.165, 1.54) is 0 Å². The lowest BCUT2D eigenvalue weighted by molar-refractivity contribution is 0.179. The van der Waals surface area contributed by atoms with Crippen LogP contribution in [0.3, 0.4) is 0 Å². The van der Waals surface area contributed by atoms with Crippen molar-refractivity contribution in [2.45, 2.75) is 19.9 Å². The summed E-state index contributed by atoms with van der Waals surface area (Å²) in [5.41, 5.74) is 4.01. The number of ether oxygens (including phenoxy) is 1. The van der Waals surface area contributed by atoms with E-state index in [1.807, 2.05) is 6.92 Å². The summed E-state index contributed by atoms with van der Waals surface area (Å²) in [6.07, 6.45) is 0. The van der Waals surface area contributed by atoms with Gasteiger partial charge in [-0.1, -0.05) is 15.9 Å². The number of hydrogen-bond donors (Lipinski definition) is 3. The summed E-state index contributed by atoms with van der Waals surface area (Å²) < 4.78 is 5.87. The molecule has 0 aromatic heterocycles. The van der Waals surface area contributed by atoms with Gasteiger partial charge in [-0.05, 0) is 44.3 Å². The van der Waals surface area contributed by atoms with Crippen molar-refractivity contribution in [3.05, 3.63) is 28.2 Å². The van der Waals surface area contributed by atoms with E-state index in [9.17, 15) is 5.11 Å². The van der Waals surface area contributed by atoms with Crippen LogP contribution in [0.25, 0.3) is 0 Å². The van der Waals surface area contributed by atoms with E-state index in [-0.39, 0.29) is 11.8 Å². The fourth-order valence-corrected chi connectivity index (χ4v) is 2.15. The molecule has 1 aromatic carbocycles. The summed E-state index contributed by atoms with van der Waals surface area (Å²) in [6.45, 7) is 4.29. The molecular formula is C13H18BrN3O2S. The largest absolute Gasteiger partial charge is 0.507 e. The Morgan fingerprint density at radius 1 is 1.55 bits per heavy atom. The average Bonchev–Trinajstić information content (AvgIpc) is 2.39. The number of nitrogens with zero attached hydrogens (tertiary/aromatic N) is 1. The maximum absolute atomic E-state index is 9.79. The van der Waals surface area contributed by atoms with Crippen LogP contribution in [0.15, 0.2) is 27.8 Å². The monoisotopic (exact) mass is 359 g/mol. The van der Waals surface area contributed by atoms with Gasteiger partial charge in [-0.2, -0.15) is 5.10 Å². The zero-order chi connectivity index (χ0) is 15.1. The maximum atomic E-state index is 9.79. The topological polar surface area (TPSA) is 65.9 Å². The molecule has 1 aromatic rings. The van der Waals surface area contributed by atoms with Gasteiger partial charge in [-0.15, -0.1) is 0 Å². The average molecular weight is 360 g/mol. The van der Waals surface area contributed by atoms with Gasteiger partial charge >= 0.3 is 0 Å². The summed E-state index contributed by atoms with van der Waals surface area (Å²) in [6, 6.07) is 5.25. The summed E-state index contributed by atoms with van der Waals surface area (Å²) in [4.78, 5) is 0. The van der Waals surface area contributed by atoms with E-state index >= 15 is 0 Å². The lowest BCUT2D eigenvalue weighted by Gasteiger charge is -2.14. The summed E-state index contributed by atoms with van der Waals surface area (Å²) in [5.74, 6) is 0.169. The summed E-state index contributed by atoms with van der Waals surface area (Å²) in [5, 5.41) is 17.4. The molecule has 0 aliphatic rings. The number of thiocarbonyl (C=S) groups is 1. The van der Waals surface area contributed by atoms with Crippen molar-refractivity contribution >= 4 is 39.0 Å². The highest BCUT2D eigenvalue weighted by atomic mass is 79.9. The predicted octanol–water partition coefficient (Wildman–Crippen LogP) is 2.38. The van der Waals surface area contributed by atoms with E-state index in [0.29, 0.717) is 23.0 Å². The molecule has 7 heteroatoms. The molecule has 3 N–H and O–H groups in total. The first kappa shape index (κ1) is 16.9. The molecule has 110 valence electrons. The first-order chi connectivity index (χ1) is 9.43. The third kappa shape index (κ3) is 5.44. The lowest BCUT2D eigenvalue weighted by atomic mass is 10.1. The Morgan fingerprint density at radius 2 is 2.25 bits per heavy atom. The normalized spacial score (nSPS) is 12.9. The van der Waals surface area contributed by atoms with Crippen LogP contribution in [0, 0.1) is 0 Å². The van der Waals surface area contributed by atoms with Gasteiger partial charge in [-0.25, -0.2) is 0 Å². The van der Waals surface area contributed by atoms with Gasteiger partial charge in [0.2, 0.25) is 0 Å². The van der Waals surface area contributed by atoms with Gasteiger partial charge in [0.15, 0.2) is 5.11 Å². The number of hydrazone groups is 1. The van der Waals surface area contributed by atoms with Crippen LogP contribution in [0.5, 0.6) is 5.75 Å². The molecule has 0 spiro atoms. The van der Waals surface area contributed by atoms with E-state index in [0.717, 1.165) is 4.47 Å². The molecule has 0 fully saturated rings. The van der Waals surface area contributed by atoms with Crippen molar-refractivity contribution in [2.24, 2.45) is 5.10 Å². The number of hydrogen-bond acceptors (Lipinski definition) is 4. The number of rotatable bonds is 5. The van der Waals surface area contributed by atoms with Crippen LogP contribution in [0.2, 0.25) is 0 Å². The molecule has 0 saturated heterocycles. The van der Waals surface area contributed by atoms with Crippen LogP contribution in [-0.4, -0.2) is 35.7 Å². The highest BCUT2D eigenvalue weighted by molar-refractivity contribution is 9.10. The smallest absolute Gasteiger partial charge is 0.187 e. The zero-order valence-corrected chi connectivity index (χ0v) is 14.0. The zero-order valence-electron chi connectivity index (χ0n) is 11.6. The molecule has 1 rings (SSSR count). The minimum absolute atomic E-state index is 0.0924. The SMILES string of the molecule is COC[C@@H](C)NC(=S)N/N=C(\C)c1cc(Br)ccc1O. The highest BCUT2D eigenvalue weighted by Crippen LogP contribution is 2.22. The number of phenolic OH excluding ortho intramolecular Hbond substituents is 1. The second kappa shape index (κ2) is 8.18. The Bertz CT molecular complexity index is 508. The van der Waals surface area contributed by atoms with Gasteiger partial charge in [0, 0.05) is 23.2 Å². The molecule has 0 aliphatic carbocycles. The molecule has 20 heavy (non-hydrogen) atoms. The van der Waals surface area contributed by atoms with Crippen LogP contribution in [0.1, 0.15) is 19.4 Å². The van der Waals surface area contributed by atoms with Gasteiger partial charge in [0.25, 0.3) is 0 Å². The first-order valence-electron chi connectivity index (χ1n) is 6.02.